The maximum absolute atomic E-state index is 10.9. The zero-order valence-electron chi connectivity index (χ0n) is 25.0. The minimum Gasteiger partial charge on any atom is -0.384 e. The van der Waals surface area contributed by atoms with Gasteiger partial charge in [-0.15, -0.1) is 0 Å². The molecule has 1 N–H and O–H groups in total. The molecule has 3 nitrogen and oxygen atoms in total. The summed E-state index contributed by atoms with van der Waals surface area (Å²) in [6, 6.07) is 37.8. The normalized spacial score (nSPS) is 16.9. The maximum Gasteiger partial charge on any atom is 0.104 e. The first kappa shape index (κ1) is 28.9. The van der Waals surface area contributed by atoms with E-state index in [9.17, 15) is 10.4 Å². The monoisotopic (exact) mass is 564 g/mol. The lowest BCUT2D eigenvalue weighted by atomic mass is 9.78. The van der Waals surface area contributed by atoms with Gasteiger partial charge >= 0.3 is 0 Å². The van der Waals surface area contributed by atoms with Crippen molar-refractivity contribution >= 4 is 17.7 Å². The zero-order valence-corrected chi connectivity index (χ0v) is 25.0. The Bertz CT molecular complexity index is 1620. The number of aliphatic hydroxyl groups is 1. The number of benzene rings is 4. The third kappa shape index (κ3) is 6.27. The Morgan fingerprint density at radius 1 is 0.767 bits per heavy atom. The molecular weight excluding hydrogens is 524 g/mol. The van der Waals surface area contributed by atoms with Crippen LogP contribution in [0.25, 0.3) is 17.7 Å². The molecule has 0 amide bonds. The first-order chi connectivity index (χ1) is 21.1. The molecule has 216 valence electrons. The van der Waals surface area contributed by atoms with Crippen molar-refractivity contribution in [2.24, 2.45) is 0 Å². The van der Waals surface area contributed by atoms with E-state index >= 15 is 0 Å². The van der Waals surface area contributed by atoms with Crippen LogP contribution in [0.3, 0.4) is 0 Å². The predicted molar refractivity (Wildman–Crippen MR) is 177 cm³/mol. The molecule has 1 heterocycles. The summed E-state index contributed by atoms with van der Waals surface area (Å²) in [5.74, 6) is 0. The maximum atomic E-state index is 10.9. The lowest BCUT2D eigenvalue weighted by Crippen LogP contribution is -2.32. The molecule has 0 spiro atoms. The smallest absolute Gasteiger partial charge is 0.104 e. The molecule has 0 saturated carbocycles. The number of fused-ring (bicyclic) bond motifs is 2. The van der Waals surface area contributed by atoms with Gasteiger partial charge in [-0.1, -0.05) is 127 Å². The Labute approximate surface area is 256 Å². The van der Waals surface area contributed by atoms with Crippen molar-refractivity contribution in [3.05, 3.63) is 148 Å². The molecule has 2 atom stereocenters. The standard InChI is InChI=1S/C40H40N2O/c1-40(29-41,35-17-11-16-34(28-35)39(43)33-14-3-2-4-15-33)24-9-10-25-42-26-22-32(23-27-42)38-36-18-7-5-12-30(36)20-21-31-13-6-8-19-37(31)38/h2-8,11-21,28,39,43H,9-10,22-27H2,1H3. The largest absolute Gasteiger partial charge is 0.384 e. The number of aliphatic hydroxyl groups excluding tert-OH is 1. The Morgan fingerprint density at radius 2 is 1.37 bits per heavy atom. The fraction of sp³-hybridized carbons (Fsp3) is 0.275. The van der Waals surface area contributed by atoms with Gasteiger partial charge in [0.2, 0.25) is 0 Å². The van der Waals surface area contributed by atoms with Gasteiger partial charge in [0.25, 0.3) is 0 Å². The molecule has 2 unspecified atom stereocenters. The highest BCUT2D eigenvalue weighted by Gasteiger charge is 2.27. The van der Waals surface area contributed by atoms with Crippen LogP contribution in [0.4, 0.5) is 0 Å². The van der Waals surface area contributed by atoms with Crippen LogP contribution >= 0.6 is 0 Å². The molecule has 3 heteroatoms. The molecule has 4 aromatic rings. The van der Waals surface area contributed by atoms with E-state index in [-0.39, 0.29) is 0 Å². The summed E-state index contributed by atoms with van der Waals surface area (Å²) in [4.78, 5) is 2.59. The summed E-state index contributed by atoms with van der Waals surface area (Å²) in [5.41, 5.74) is 10.4. The fourth-order valence-electron chi connectivity index (χ4n) is 6.70. The number of unbranched alkanes of at least 4 members (excludes halogenated alkanes) is 1. The summed E-state index contributed by atoms with van der Waals surface area (Å²) < 4.78 is 0. The van der Waals surface area contributed by atoms with Crippen LogP contribution in [0.2, 0.25) is 0 Å². The van der Waals surface area contributed by atoms with Crippen molar-refractivity contribution in [1.82, 2.24) is 4.90 Å². The summed E-state index contributed by atoms with van der Waals surface area (Å²) >= 11 is 0. The molecule has 0 bridgehead atoms. The van der Waals surface area contributed by atoms with Crippen LogP contribution in [0.1, 0.15) is 84.1 Å². The van der Waals surface area contributed by atoms with Crippen LogP contribution in [-0.2, 0) is 5.41 Å². The van der Waals surface area contributed by atoms with Gasteiger partial charge in [0.05, 0.1) is 11.5 Å². The van der Waals surface area contributed by atoms with E-state index in [1.807, 2.05) is 61.5 Å². The average Bonchev–Trinajstić information content (AvgIpc) is 3.24. The number of nitrogens with zero attached hydrogens (tertiary/aromatic N) is 2. The van der Waals surface area contributed by atoms with Gasteiger partial charge in [-0.05, 0) is 83.7 Å². The quantitative estimate of drug-likeness (QED) is 0.192. The predicted octanol–water partition coefficient (Wildman–Crippen LogP) is 8.80. The van der Waals surface area contributed by atoms with E-state index < -0.39 is 11.5 Å². The molecule has 1 aliphatic carbocycles. The van der Waals surface area contributed by atoms with Crippen LogP contribution in [0.5, 0.6) is 0 Å². The average molecular weight is 565 g/mol. The highest BCUT2D eigenvalue weighted by atomic mass is 16.3. The summed E-state index contributed by atoms with van der Waals surface area (Å²) in [6.07, 6.45) is 8.87. The first-order valence-electron chi connectivity index (χ1n) is 15.6. The van der Waals surface area contributed by atoms with Crippen LogP contribution in [-0.4, -0.2) is 29.6 Å². The SMILES string of the molecule is CC(C#N)(CCCCN1CCC(=C2c3ccccc3C=Cc3ccccc32)CC1)c1cccc(C(O)c2ccccc2)c1. The van der Waals surface area contributed by atoms with Crippen LogP contribution < -0.4 is 0 Å². The summed E-state index contributed by atoms with van der Waals surface area (Å²) in [7, 11) is 0. The summed E-state index contributed by atoms with van der Waals surface area (Å²) in [5, 5.41) is 21.1. The second kappa shape index (κ2) is 13.0. The Kier molecular flexibility index (Phi) is 8.70. The third-order valence-electron chi connectivity index (χ3n) is 9.32. The van der Waals surface area contributed by atoms with Crippen molar-refractivity contribution < 1.29 is 5.11 Å². The topological polar surface area (TPSA) is 47.3 Å². The minimum atomic E-state index is -0.695. The second-order valence-electron chi connectivity index (χ2n) is 12.2. The first-order valence-corrected chi connectivity index (χ1v) is 15.6. The summed E-state index contributed by atoms with van der Waals surface area (Å²) in [6.45, 7) is 5.25. The Morgan fingerprint density at radius 3 is 2.02 bits per heavy atom. The van der Waals surface area contributed by atoms with Gasteiger partial charge in [0.1, 0.15) is 6.10 Å². The molecule has 0 aromatic heterocycles. The van der Waals surface area contributed by atoms with Crippen molar-refractivity contribution in [2.45, 2.75) is 50.5 Å². The number of nitriles is 1. The van der Waals surface area contributed by atoms with E-state index in [0.29, 0.717) is 0 Å². The number of hydrogen-bond acceptors (Lipinski definition) is 3. The highest BCUT2D eigenvalue weighted by Crippen LogP contribution is 2.39. The molecule has 0 radical (unpaired) electrons. The van der Waals surface area contributed by atoms with E-state index in [2.05, 4.69) is 71.7 Å². The van der Waals surface area contributed by atoms with Crippen molar-refractivity contribution in [3.63, 3.8) is 0 Å². The Hall–Kier alpha value is -4.23. The second-order valence-corrected chi connectivity index (χ2v) is 12.2. The van der Waals surface area contributed by atoms with E-state index in [1.54, 1.807) is 5.57 Å². The third-order valence-corrected chi connectivity index (χ3v) is 9.32. The highest BCUT2D eigenvalue weighted by molar-refractivity contribution is 5.94. The van der Waals surface area contributed by atoms with Gasteiger partial charge in [0.15, 0.2) is 0 Å². The molecule has 6 rings (SSSR count). The molecule has 1 fully saturated rings. The Balaban J connectivity index is 1.08. The molecule has 4 aromatic carbocycles. The van der Waals surface area contributed by atoms with Crippen LogP contribution in [0.15, 0.2) is 109 Å². The lowest BCUT2D eigenvalue weighted by molar-refractivity contribution is 0.220. The minimum absolute atomic E-state index is 0.583. The molecule has 43 heavy (non-hydrogen) atoms. The van der Waals surface area contributed by atoms with Gasteiger partial charge in [-0.25, -0.2) is 0 Å². The van der Waals surface area contributed by atoms with Crippen molar-refractivity contribution in [1.29, 1.82) is 5.26 Å². The van der Waals surface area contributed by atoms with Gasteiger partial charge in [-0.2, -0.15) is 5.26 Å². The zero-order chi connectivity index (χ0) is 29.6. The fourth-order valence-corrected chi connectivity index (χ4v) is 6.70. The van der Waals surface area contributed by atoms with Crippen LogP contribution in [0, 0.1) is 11.3 Å². The number of hydrogen-bond donors (Lipinski definition) is 1. The van der Waals surface area contributed by atoms with E-state index in [0.717, 1.165) is 68.4 Å². The molecular formula is C40H40N2O. The van der Waals surface area contributed by atoms with E-state index in [4.69, 9.17) is 0 Å². The molecule has 2 aliphatic rings. The number of rotatable bonds is 8. The van der Waals surface area contributed by atoms with Gasteiger partial charge in [-0.3, -0.25) is 0 Å². The molecule has 1 saturated heterocycles. The number of likely N-dealkylation sites (tertiary alicyclic amines) is 1. The molecule has 1 aliphatic heterocycles. The van der Waals surface area contributed by atoms with Gasteiger partial charge in [0, 0.05) is 13.1 Å². The van der Waals surface area contributed by atoms with E-state index in [1.165, 1.54) is 27.8 Å². The van der Waals surface area contributed by atoms with Gasteiger partial charge < -0.3 is 10.0 Å². The number of piperidine rings is 1. The lowest BCUT2D eigenvalue weighted by Gasteiger charge is -2.31. The van der Waals surface area contributed by atoms with Crippen molar-refractivity contribution in [2.75, 3.05) is 19.6 Å². The van der Waals surface area contributed by atoms with Crippen molar-refractivity contribution in [3.8, 4) is 6.07 Å².